The van der Waals surface area contributed by atoms with E-state index in [4.69, 9.17) is 0 Å². The number of carbonyl (C=O) groups is 1. The number of aromatic nitrogens is 1. The number of hydrazine groups is 1. The van der Waals surface area contributed by atoms with Gasteiger partial charge in [0.1, 0.15) is 5.56 Å². The second-order valence-electron chi connectivity index (χ2n) is 5.25. The van der Waals surface area contributed by atoms with Gasteiger partial charge in [-0.1, -0.05) is 30.3 Å². The Labute approximate surface area is 127 Å². The van der Waals surface area contributed by atoms with Crippen LogP contribution in [0, 0.1) is 0 Å². The summed E-state index contributed by atoms with van der Waals surface area (Å²) in [6, 6.07) is 13.0. The number of nitrogens with one attached hydrogen (secondary N) is 4. The lowest BCUT2D eigenvalue weighted by Gasteiger charge is -2.10. The van der Waals surface area contributed by atoms with Gasteiger partial charge >= 0.3 is 0 Å². The van der Waals surface area contributed by atoms with Crippen molar-refractivity contribution >= 4 is 5.91 Å². The highest BCUT2D eigenvalue weighted by molar-refractivity contribution is 5.94. The van der Waals surface area contributed by atoms with Crippen LogP contribution in [0.4, 0.5) is 0 Å². The third-order valence-electron chi connectivity index (χ3n) is 3.67. The molecule has 0 aliphatic carbocycles. The molecular weight excluding hydrogens is 280 g/mol. The van der Waals surface area contributed by atoms with Crippen molar-refractivity contribution in [3.8, 4) is 11.3 Å². The van der Waals surface area contributed by atoms with Crippen molar-refractivity contribution in [2.75, 3.05) is 13.1 Å². The van der Waals surface area contributed by atoms with E-state index in [1.54, 1.807) is 12.1 Å². The number of aromatic amines is 1. The number of rotatable bonds is 4. The van der Waals surface area contributed by atoms with Gasteiger partial charge in [0, 0.05) is 24.8 Å². The maximum Gasteiger partial charge on any atom is 0.261 e. The van der Waals surface area contributed by atoms with E-state index in [0.29, 0.717) is 12.2 Å². The second kappa shape index (κ2) is 6.55. The van der Waals surface area contributed by atoms with Crippen LogP contribution in [0.1, 0.15) is 16.8 Å². The fraction of sp³-hybridized carbons (Fsp3) is 0.250. The van der Waals surface area contributed by atoms with Crippen molar-refractivity contribution in [3.05, 3.63) is 58.4 Å². The number of amides is 1. The van der Waals surface area contributed by atoms with Crippen LogP contribution in [0.25, 0.3) is 11.3 Å². The molecule has 114 valence electrons. The molecule has 6 heteroatoms. The minimum Gasteiger partial charge on any atom is -0.350 e. The summed E-state index contributed by atoms with van der Waals surface area (Å²) in [5.74, 6) is -0.352. The topological polar surface area (TPSA) is 86.0 Å². The summed E-state index contributed by atoms with van der Waals surface area (Å²) in [6.07, 6.45) is 0.948. The molecule has 4 N–H and O–H groups in total. The molecule has 0 spiro atoms. The molecule has 6 nitrogen and oxygen atoms in total. The number of benzene rings is 1. The SMILES string of the molecule is O=C(NCC1CCNN1)c1ccc(-c2ccccc2)[nH]c1=O. The van der Waals surface area contributed by atoms with Gasteiger partial charge in [-0.15, -0.1) is 0 Å². The minimum atomic E-state index is -0.378. The van der Waals surface area contributed by atoms with Crippen molar-refractivity contribution in [1.29, 1.82) is 0 Å². The Hall–Kier alpha value is -2.44. The molecule has 1 aliphatic heterocycles. The molecular formula is C16H18N4O2. The molecule has 1 amide bonds. The van der Waals surface area contributed by atoms with Crippen molar-refractivity contribution in [2.45, 2.75) is 12.5 Å². The summed E-state index contributed by atoms with van der Waals surface area (Å²) < 4.78 is 0. The average Bonchev–Trinajstić information content (AvgIpc) is 3.07. The van der Waals surface area contributed by atoms with Crippen LogP contribution in [-0.2, 0) is 0 Å². The van der Waals surface area contributed by atoms with Gasteiger partial charge in [-0.05, 0) is 24.1 Å². The largest absolute Gasteiger partial charge is 0.350 e. The number of H-pyrrole nitrogens is 1. The minimum absolute atomic E-state index is 0.130. The van der Waals surface area contributed by atoms with E-state index < -0.39 is 0 Å². The molecule has 2 aromatic rings. The van der Waals surface area contributed by atoms with Crippen LogP contribution >= 0.6 is 0 Å². The molecule has 2 heterocycles. The van der Waals surface area contributed by atoms with Crippen molar-refractivity contribution < 1.29 is 4.79 Å². The van der Waals surface area contributed by atoms with Crippen molar-refractivity contribution in [3.63, 3.8) is 0 Å². The van der Waals surface area contributed by atoms with Crippen LogP contribution in [0.2, 0.25) is 0 Å². The summed E-state index contributed by atoms with van der Waals surface area (Å²) in [6.45, 7) is 1.37. The predicted molar refractivity (Wildman–Crippen MR) is 84.4 cm³/mol. The molecule has 1 saturated heterocycles. The van der Waals surface area contributed by atoms with Gasteiger partial charge in [-0.25, -0.2) is 0 Å². The molecule has 1 aromatic heterocycles. The van der Waals surface area contributed by atoms with Gasteiger partial charge in [-0.2, -0.15) is 0 Å². The molecule has 0 radical (unpaired) electrons. The van der Waals surface area contributed by atoms with Crippen LogP contribution in [0.5, 0.6) is 0 Å². The first-order chi connectivity index (χ1) is 10.7. The maximum absolute atomic E-state index is 12.1. The zero-order valence-corrected chi connectivity index (χ0v) is 12.1. The Morgan fingerprint density at radius 3 is 2.68 bits per heavy atom. The Morgan fingerprint density at radius 2 is 2.00 bits per heavy atom. The van der Waals surface area contributed by atoms with Gasteiger partial charge in [0.15, 0.2) is 0 Å². The normalized spacial score (nSPS) is 17.4. The van der Waals surface area contributed by atoms with Gasteiger partial charge in [0.25, 0.3) is 11.5 Å². The van der Waals surface area contributed by atoms with Crippen LogP contribution < -0.4 is 21.7 Å². The van der Waals surface area contributed by atoms with E-state index in [1.807, 2.05) is 30.3 Å². The number of pyridine rings is 1. The van der Waals surface area contributed by atoms with E-state index in [-0.39, 0.29) is 23.1 Å². The first kappa shape index (κ1) is 14.5. The third kappa shape index (κ3) is 3.24. The molecule has 1 unspecified atom stereocenters. The summed E-state index contributed by atoms with van der Waals surface area (Å²) in [7, 11) is 0. The van der Waals surface area contributed by atoms with E-state index in [9.17, 15) is 9.59 Å². The fourth-order valence-electron chi connectivity index (χ4n) is 2.44. The summed E-state index contributed by atoms with van der Waals surface area (Å²) >= 11 is 0. The quantitative estimate of drug-likeness (QED) is 0.667. The van der Waals surface area contributed by atoms with Crippen LogP contribution in [0.15, 0.2) is 47.3 Å². The Balaban J connectivity index is 1.71. The molecule has 3 rings (SSSR count). The molecule has 0 saturated carbocycles. The molecule has 1 aromatic carbocycles. The Bertz CT molecular complexity index is 706. The van der Waals surface area contributed by atoms with E-state index in [1.165, 1.54) is 0 Å². The zero-order valence-electron chi connectivity index (χ0n) is 12.1. The van der Waals surface area contributed by atoms with Crippen molar-refractivity contribution in [1.82, 2.24) is 21.2 Å². The second-order valence-corrected chi connectivity index (χ2v) is 5.25. The first-order valence-electron chi connectivity index (χ1n) is 7.29. The number of hydrogen-bond donors (Lipinski definition) is 4. The highest BCUT2D eigenvalue weighted by atomic mass is 16.2. The van der Waals surface area contributed by atoms with Gasteiger partial charge in [0.2, 0.25) is 0 Å². The monoisotopic (exact) mass is 298 g/mol. The lowest BCUT2D eigenvalue weighted by Crippen LogP contribution is -2.41. The predicted octanol–water partition coefficient (Wildman–Crippen LogP) is 0.638. The smallest absolute Gasteiger partial charge is 0.261 e. The highest BCUT2D eigenvalue weighted by Crippen LogP contribution is 2.14. The summed E-state index contributed by atoms with van der Waals surface area (Å²) in [5, 5.41) is 2.78. The molecule has 1 fully saturated rings. The Kier molecular flexibility index (Phi) is 4.32. The third-order valence-corrected chi connectivity index (χ3v) is 3.67. The fourth-order valence-corrected chi connectivity index (χ4v) is 2.44. The van der Waals surface area contributed by atoms with Gasteiger partial charge < -0.3 is 10.3 Å². The van der Waals surface area contributed by atoms with Crippen LogP contribution in [-0.4, -0.2) is 30.0 Å². The van der Waals surface area contributed by atoms with Gasteiger partial charge in [0.05, 0.1) is 0 Å². The molecule has 1 aliphatic rings. The molecule has 0 bridgehead atoms. The first-order valence-corrected chi connectivity index (χ1v) is 7.29. The molecule has 22 heavy (non-hydrogen) atoms. The average molecular weight is 298 g/mol. The highest BCUT2D eigenvalue weighted by Gasteiger charge is 2.16. The standard InChI is InChI=1S/C16H18N4O2/c21-15(17-10-12-8-9-18-20-12)13-6-7-14(19-16(13)22)11-4-2-1-3-5-11/h1-7,12,18,20H,8-10H2,(H,17,21)(H,19,22). The number of carbonyl (C=O) groups excluding carboxylic acids is 1. The maximum atomic E-state index is 12.1. The van der Waals surface area contributed by atoms with E-state index in [2.05, 4.69) is 21.2 Å². The summed E-state index contributed by atoms with van der Waals surface area (Å²) in [5.41, 5.74) is 7.42. The lowest BCUT2D eigenvalue weighted by molar-refractivity contribution is 0.0948. The number of hydrogen-bond acceptors (Lipinski definition) is 4. The van der Waals surface area contributed by atoms with E-state index in [0.717, 1.165) is 18.5 Å². The Morgan fingerprint density at radius 1 is 1.18 bits per heavy atom. The zero-order chi connectivity index (χ0) is 15.4. The lowest BCUT2D eigenvalue weighted by atomic mass is 10.1. The van der Waals surface area contributed by atoms with E-state index >= 15 is 0 Å². The van der Waals surface area contributed by atoms with Gasteiger partial charge in [-0.3, -0.25) is 20.4 Å². The molecule has 1 atom stereocenters. The van der Waals surface area contributed by atoms with Crippen molar-refractivity contribution in [2.24, 2.45) is 0 Å². The van der Waals surface area contributed by atoms with Crippen LogP contribution in [0.3, 0.4) is 0 Å². The summed E-state index contributed by atoms with van der Waals surface area (Å²) in [4.78, 5) is 27.0.